The van der Waals surface area contributed by atoms with Crippen LogP contribution in [0.4, 0.5) is 17.6 Å². The number of amides is 1. The van der Waals surface area contributed by atoms with Gasteiger partial charge in [-0.3, -0.25) is 10.0 Å². The molecule has 1 amide bonds. The van der Waals surface area contributed by atoms with Crippen LogP contribution in [0.5, 0.6) is 5.75 Å². The Morgan fingerprint density at radius 1 is 1.27 bits per heavy atom. The fourth-order valence-corrected chi connectivity index (χ4v) is 4.20. The SMILES string of the molecule is CSC1(C(=O)NO)CCOCC1.FC(F)C(F)(F)Oc1ccc(-c2cccs2)cc1. The van der Waals surface area contributed by atoms with Crippen molar-refractivity contribution in [1.82, 2.24) is 5.48 Å². The Morgan fingerprint density at radius 3 is 2.37 bits per heavy atom. The number of carbonyl (C=O) groups excluding carboxylic acids is 1. The van der Waals surface area contributed by atoms with E-state index in [4.69, 9.17) is 9.94 Å². The molecule has 0 unspecified atom stereocenters. The number of thioether (sulfide) groups is 1. The van der Waals surface area contributed by atoms with Gasteiger partial charge < -0.3 is 9.47 Å². The highest BCUT2D eigenvalue weighted by Crippen LogP contribution is 2.34. The van der Waals surface area contributed by atoms with Gasteiger partial charge in [0.2, 0.25) is 0 Å². The summed E-state index contributed by atoms with van der Waals surface area (Å²) in [6, 6.07) is 9.30. The van der Waals surface area contributed by atoms with Gasteiger partial charge in [-0.15, -0.1) is 23.1 Å². The second-order valence-electron chi connectivity index (χ2n) is 6.22. The lowest BCUT2D eigenvalue weighted by molar-refractivity contribution is -0.253. The molecule has 0 spiro atoms. The Kier molecular flexibility index (Phi) is 8.95. The van der Waals surface area contributed by atoms with E-state index in [0.717, 1.165) is 10.4 Å². The molecule has 2 N–H and O–H groups in total. The molecule has 1 aromatic heterocycles. The quantitative estimate of drug-likeness (QED) is 0.353. The van der Waals surface area contributed by atoms with Gasteiger partial charge in [-0.25, -0.2) is 5.48 Å². The van der Waals surface area contributed by atoms with Crippen molar-refractivity contribution < 1.29 is 37.0 Å². The fourth-order valence-electron chi connectivity index (χ4n) is 2.66. The molecule has 5 nitrogen and oxygen atoms in total. The van der Waals surface area contributed by atoms with Crippen LogP contribution >= 0.6 is 23.1 Å². The maximum absolute atomic E-state index is 12.6. The van der Waals surface area contributed by atoms with Gasteiger partial charge in [0.05, 0.1) is 0 Å². The lowest BCUT2D eigenvalue weighted by atomic mass is 9.98. The highest BCUT2D eigenvalue weighted by atomic mass is 32.2. The van der Waals surface area contributed by atoms with Crippen molar-refractivity contribution in [2.75, 3.05) is 19.5 Å². The molecule has 0 aliphatic carbocycles. The van der Waals surface area contributed by atoms with Gasteiger partial charge in [-0.1, -0.05) is 6.07 Å². The zero-order valence-corrected chi connectivity index (χ0v) is 17.6. The number of rotatable bonds is 6. The minimum atomic E-state index is -4.47. The van der Waals surface area contributed by atoms with Crippen molar-refractivity contribution in [2.45, 2.75) is 30.1 Å². The first-order valence-electron chi connectivity index (χ1n) is 8.80. The lowest BCUT2D eigenvalue weighted by Crippen LogP contribution is -2.46. The Morgan fingerprint density at radius 2 is 1.90 bits per heavy atom. The Hall–Kier alpha value is -1.82. The van der Waals surface area contributed by atoms with Crippen molar-refractivity contribution in [3.63, 3.8) is 0 Å². The van der Waals surface area contributed by atoms with Crippen LogP contribution in [0, 0.1) is 0 Å². The Bertz CT molecular complexity index is 782. The molecule has 1 aliphatic heterocycles. The Labute approximate surface area is 179 Å². The molecule has 1 aliphatic rings. The maximum Gasteiger partial charge on any atom is 0.461 e. The summed E-state index contributed by atoms with van der Waals surface area (Å²) in [5.41, 5.74) is 2.53. The van der Waals surface area contributed by atoms with Gasteiger partial charge in [0, 0.05) is 18.1 Å². The topological polar surface area (TPSA) is 67.8 Å². The van der Waals surface area contributed by atoms with Crippen LogP contribution in [-0.2, 0) is 9.53 Å². The van der Waals surface area contributed by atoms with E-state index in [1.165, 1.54) is 35.2 Å². The number of thiophene rings is 1. The number of halogens is 4. The first kappa shape index (κ1) is 24.4. The van der Waals surface area contributed by atoms with Crippen LogP contribution in [-0.4, -0.2) is 47.9 Å². The molecule has 166 valence electrons. The highest BCUT2D eigenvalue weighted by Gasteiger charge is 2.44. The van der Waals surface area contributed by atoms with E-state index in [1.54, 1.807) is 17.6 Å². The second-order valence-corrected chi connectivity index (χ2v) is 8.36. The van der Waals surface area contributed by atoms with Crippen molar-refractivity contribution in [1.29, 1.82) is 0 Å². The van der Waals surface area contributed by atoms with E-state index < -0.39 is 17.3 Å². The minimum absolute atomic E-state index is 0.291. The van der Waals surface area contributed by atoms with Gasteiger partial charge in [0.15, 0.2) is 0 Å². The summed E-state index contributed by atoms with van der Waals surface area (Å²) in [6.45, 7) is 1.18. The van der Waals surface area contributed by atoms with E-state index in [0.29, 0.717) is 26.1 Å². The summed E-state index contributed by atoms with van der Waals surface area (Å²) >= 11 is 2.96. The third-order valence-corrected chi connectivity index (χ3v) is 6.67. The fraction of sp³-hybridized carbons (Fsp3) is 0.421. The average molecular weight is 468 g/mol. The predicted molar refractivity (Wildman–Crippen MR) is 108 cm³/mol. The number of hydroxylamine groups is 1. The normalized spacial score (nSPS) is 15.8. The van der Waals surface area contributed by atoms with E-state index >= 15 is 0 Å². The molecule has 1 aromatic carbocycles. The zero-order valence-electron chi connectivity index (χ0n) is 15.9. The molecule has 3 rings (SSSR count). The summed E-state index contributed by atoms with van der Waals surface area (Å²) in [4.78, 5) is 12.2. The molecule has 0 atom stereocenters. The molecule has 0 radical (unpaired) electrons. The summed E-state index contributed by atoms with van der Waals surface area (Å²) in [5, 5.41) is 10.4. The van der Waals surface area contributed by atoms with Crippen LogP contribution in [0.3, 0.4) is 0 Å². The van der Waals surface area contributed by atoms with Gasteiger partial charge in [-0.2, -0.15) is 17.6 Å². The largest absolute Gasteiger partial charge is 0.461 e. The number of carbonyl (C=O) groups is 1. The average Bonchev–Trinajstić information content (AvgIpc) is 3.29. The number of nitrogens with one attached hydrogen (secondary N) is 1. The van der Waals surface area contributed by atoms with Crippen molar-refractivity contribution >= 4 is 29.0 Å². The van der Waals surface area contributed by atoms with E-state index in [2.05, 4.69) is 4.74 Å². The van der Waals surface area contributed by atoms with Crippen LogP contribution < -0.4 is 10.2 Å². The molecule has 2 aromatic rings. The van der Waals surface area contributed by atoms with Crippen LogP contribution in [0.1, 0.15) is 12.8 Å². The number of alkyl halides is 4. The van der Waals surface area contributed by atoms with Gasteiger partial charge in [0.25, 0.3) is 5.91 Å². The molecular weight excluding hydrogens is 446 g/mol. The van der Waals surface area contributed by atoms with Gasteiger partial charge in [0.1, 0.15) is 10.5 Å². The summed E-state index contributed by atoms with van der Waals surface area (Å²) < 4.78 is 57.7. The van der Waals surface area contributed by atoms with Crippen LogP contribution in [0.2, 0.25) is 0 Å². The minimum Gasteiger partial charge on any atom is -0.428 e. The molecule has 0 bridgehead atoms. The zero-order chi connectivity index (χ0) is 22.2. The van der Waals surface area contributed by atoms with Crippen LogP contribution in [0.15, 0.2) is 41.8 Å². The van der Waals surface area contributed by atoms with Gasteiger partial charge >= 0.3 is 12.5 Å². The highest BCUT2D eigenvalue weighted by molar-refractivity contribution is 8.00. The number of ether oxygens (including phenoxy) is 2. The van der Waals surface area contributed by atoms with Crippen molar-refractivity contribution in [3.8, 4) is 16.2 Å². The molecule has 0 saturated carbocycles. The Balaban J connectivity index is 0.000000232. The standard InChI is InChI=1S/C12H8F4OS.C7H13NO3S/c13-11(14)12(15,16)17-9-5-3-8(4-6-9)10-2-1-7-18-10;1-12-7(6(9)8-10)2-4-11-5-3-7/h1-7,11H;10H,2-5H2,1H3,(H,8,9). The first-order valence-corrected chi connectivity index (χ1v) is 10.9. The molecule has 1 saturated heterocycles. The van der Waals surface area contributed by atoms with Crippen LogP contribution in [0.25, 0.3) is 10.4 Å². The predicted octanol–water partition coefficient (Wildman–Crippen LogP) is 5.06. The monoisotopic (exact) mass is 467 g/mol. The molecule has 2 heterocycles. The number of hydrogen-bond acceptors (Lipinski definition) is 6. The lowest BCUT2D eigenvalue weighted by Gasteiger charge is -2.32. The molecule has 30 heavy (non-hydrogen) atoms. The van der Waals surface area contributed by atoms with E-state index in [9.17, 15) is 22.4 Å². The summed E-state index contributed by atoms with van der Waals surface area (Å²) in [6.07, 6.45) is -5.11. The maximum atomic E-state index is 12.6. The first-order chi connectivity index (χ1) is 14.2. The number of benzene rings is 1. The van der Waals surface area contributed by atoms with E-state index in [1.807, 2.05) is 23.8 Å². The molecule has 1 fully saturated rings. The molecular formula is C19H21F4NO4S2. The summed E-state index contributed by atoms with van der Waals surface area (Å²) in [5.74, 6) is -0.598. The van der Waals surface area contributed by atoms with E-state index in [-0.39, 0.29) is 11.7 Å². The third-order valence-electron chi connectivity index (χ3n) is 4.37. The second kappa shape index (κ2) is 11.0. The summed E-state index contributed by atoms with van der Waals surface area (Å²) in [7, 11) is 0. The van der Waals surface area contributed by atoms with Gasteiger partial charge in [-0.05, 0) is 60.4 Å². The smallest absolute Gasteiger partial charge is 0.428 e. The molecule has 11 heteroatoms. The van der Waals surface area contributed by atoms with Crippen molar-refractivity contribution in [2.24, 2.45) is 0 Å². The van der Waals surface area contributed by atoms with Crippen molar-refractivity contribution in [3.05, 3.63) is 41.8 Å². The number of hydrogen-bond donors (Lipinski definition) is 2. The third kappa shape index (κ3) is 6.34.